The number of benzene rings is 1. The van der Waals surface area contributed by atoms with Gasteiger partial charge in [-0.3, -0.25) is 19.3 Å². The summed E-state index contributed by atoms with van der Waals surface area (Å²) in [5.74, 6) is -0.305. The van der Waals surface area contributed by atoms with Gasteiger partial charge in [-0.2, -0.15) is 0 Å². The molecule has 3 fully saturated rings. The van der Waals surface area contributed by atoms with Gasteiger partial charge in [-0.1, -0.05) is 57.4 Å². The van der Waals surface area contributed by atoms with Crippen LogP contribution in [0.1, 0.15) is 116 Å². The molecule has 0 bridgehead atoms. The predicted molar refractivity (Wildman–Crippen MR) is 194 cm³/mol. The molecule has 4 aliphatic rings. The predicted octanol–water partition coefficient (Wildman–Crippen LogP) is 5.11. The summed E-state index contributed by atoms with van der Waals surface area (Å²) < 4.78 is 19.5. The first-order valence-corrected chi connectivity index (χ1v) is 19.8. The van der Waals surface area contributed by atoms with Crippen molar-refractivity contribution in [1.82, 2.24) is 24.7 Å². The smallest absolute Gasteiger partial charge is 0.410 e. The first-order valence-electron chi connectivity index (χ1n) is 18.3. The number of likely N-dealkylation sites (tertiary alicyclic amines) is 1. The maximum Gasteiger partial charge on any atom is 0.410 e. The van der Waals surface area contributed by atoms with E-state index in [1.54, 1.807) is 41.0 Å². The molecule has 6 atom stereocenters. The lowest BCUT2D eigenvalue weighted by Crippen LogP contribution is -2.57. The van der Waals surface area contributed by atoms with E-state index < -0.39 is 34.8 Å². The van der Waals surface area contributed by atoms with Crippen LogP contribution in [-0.2, 0) is 36.5 Å². The number of aryl methyl sites for hydroxylation is 1. The molecule has 0 aromatic heterocycles. The van der Waals surface area contributed by atoms with Gasteiger partial charge >= 0.3 is 6.09 Å². The zero-order valence-electron chi connectivity index (χ0n) is 31.0. The lowest BCUT2D eigenvalue weighted by atomic mass is 9.83. The minimum absolute atomic E-state index is 0.0383. The van der Waals surface area contributed by atoms with E-state index in [1.807, 2.05) is 29.1 Å². The van der Waals surface area contributed by atoms with E-state index in [1.165, 1.54) is 22.4 Å². The first kappa shape index (κ1) is 40.4. The molecule has 2 N–H and O–H groups in total. The van der Waals surface area contributed by atoms with Gasteiger partial charge in [-0.25, -0.2) is 13.3 Å². The summed E-state index contributed by atoms with van der Waals surface area (Å²) in [7, 11) is 0.489. The van der Waals surface area contributed by atoms with Crippen LogP contribution in [-0.4, -0.2) is 98.8 Å². The van der Waals surface area contributed by atoms with Crippen molar-refractivity contribution >= 4 is 35.3 Å². The molecule has 2 heterocycles. The third kappa shape index (κ3) is 10.7. The Hall–Kier alpha value is -2.99. The van der Waals surface area contributed by atoms with Gasteiger partial charge in [-0.15, -0.1) is 0 Å². The highest BCUT2D eigenvalue weighted by Gasteiger charge is 2.48. The van der Waals surface area contributed by atoms with Crippen molar-refractivity contribution in [1.29, 1.82) is 0 Å². The summed E-state index contributed by atoms with van der Waals surface area (Å²) in [4.78, 5) is 53.1. The third-order valence-corrected chi connectivity index (χ3v) is 11.2. The highest BCUT2D eigenvalue weighted by Crippen LogP contribution is 2.35. The number of hydrogen-bond donors (Lipinski definition) is 2. The first-order chi connectivity index (χ1) is 23.3. The zero-order chi connectivity index (χ0) is 36.3. The van der Waals surface area contributed by atoms with Crippen molar-refractivity contribution in [3.63, 3.8) is 0 Å². The Bertz CT molecular complexity index is 1280. The number of fused-ring (bicyclic) bond motifs is 2. The van der Waals surface area contributed by atoms with Gasteiger partial charge in [0.1, 0.15) is 17.7 Å². The standard InChI is InChI=1S/C24H42N4O5S.C11H13NO.C2H6/c1-16(26(5)23(31)33-24(2,3)4)21(29)25-20(17-10-8-7-9-11-17)22(30)27-14-12-19-18(27)13-15-28(19)34(6)32;13-8-12-11-7-3-5-9-4-1-2-6-10(9)11;1-2/h16-20H,7-15H2,1-6H3,(H,25,29);1-2,4,6,8,11H,3,5,7H2,(H,12,13);1-2H3/t16-,18?,19?,20?,34?;;/m0../s1. The van der Waals surface area contributed by atoms with Gasteiger partial charge in [0.2, 0.25) is 18.2 Å². The highest BCUT2D eigenvalue weighted by atomic mass is 32.2. The number of nitrogens with zero attached hydrogens (tertiary/aromatic N) is 3. The fraction of sp³-hybridized carbons (Fsp3) is 0.730. The van der Waals surface area contributed by atoms with Gasteiger partial charge in [0, 0.05) is 38.5 Å². The molecule has 0 radical (unpaired) electrons. The summed E-state index contributed by atoms with van der Waals surface area (Å²) in [6.07, 6.45) is 12.0. The molecule has 1 aromatic carbocycles. The quantitative estimate of drug-likeness (QED) is 0.363. The van der Waals surface area contributed by atoms with Gasteiger partial charge in [-0.05, 0) is 89.7 Å². The zero-order valence-corrected chi connectivity index (χ0v) is 31.9. The topological polar surface area (TPSA) is 128 Å². The summed E-state index contributed by atoms with van der Waals surface area (Å²) in [5, 5.41) is 5.88. The fourth-order valence-corrected chi connectivity index (χ4v) is 8.51. The van der Waals surface area contributed by atoms with Crippen LogP contribution in [0.25, 0.3) is 0 Å². The van der Waals surface area contributed by atoms with Crippen LogP contribution < -0.4 is 10.6 Å². The van der Waals surface area contributed by atoms with Crippen LogP contribution in [0.3, 0.4) is 0 Å². The van der Waals surface area contributed by atoms with E-state index in [4.69, 9.17) is 4.74 Å². The highest BCUT2D eigenvalue weighted by molar-refractivity contribution is 7.81. The molecular weight excluding hydrogens is 643 g/mol. The van der Waals surface area contributed by atoms with Crippen LogP contribution in [0.4, 0.5) is 4.79 Å². The van der Waals surface area contributed by atoms with Crippen molar-refractivity contribution in [2.75, 3.05) is 26.4 Å². The van der Waals surface area contributed by atoms with E-state index in [0.29, 0.717) is 6.54 Å². The summed E-state index contributed by atoms with van der Waals surface area (Å²) in [5.41, 5.74) is 2.01. The van der Waals surface area contributed by atoms with E-state index in [-0.39, 0.29) is 35.9 Å². The SMILES string of the molecule is CC.C[C@@H](C(=O)NC(C(=O)N1CCC2C1CCN2S(C)=O)C1CCCCC1)N(C)C(=O)OC(C)(C)C.O=CNC1CCCc2ccccc21. The number of nitrogens with one attached hydrogen (secondary N) is 2. The lowest BCUT2D eigenvalue weighted by molar-refractivity contribution is -0.140. The molecule has 2 aliphatic carbocycles. The Morgan fingerprint density at radius 3 is 2.27 bits per heavy atom. The van der Waals surface area contributed by atoms with E-state index in [0.717, 1.165) is 70.7 Å². The van der Waals surface area contributed by atoms with Crippen LogP contribution in [0.15, 0.2) is 24.3 Å². The Labute approximate surface area is 296 Å². The van der Waals surface area contributed by atoms with Gasteiger partial charge < -0.3 is 20.3 Å². The number of carbonyl (C=O) groups is 4. The molecule has 2 aliphatic heterocycles. The van der Waals surface area contributed by atoms with Crippen molar-refractivity contribution in [3.05, 3.63) is 35.4 Å². The number of amides is 4. The van der Waals surface area contributed by atoms with Crippen molar-refractivity contribution in [2.24, 2.45) is 5.92 Å². The average molecular weight is 704 g/mol. The van der Waals surface area contributed by atoms with Gasteiger partial charge in [0.05, 0.1) is 17.0 Å². The average Bonchev–Trinajstić information content (AvgIpc) is 3.70. The molecule has 2 saturated heterocycles. The molecule has 5 unspecified atom stereocenters. The maximum atomic E-state index is 13.8. The maximum absolute atomic E-state index is 13.8. The van der Waals surface area contributed by atoms with E-state index in [9.17, 15) is 23.4 Å². The number of likely N-dealkylation sites (N-methyl/N-ethyl adjacent to an activating group) is 1. The van der Waals surface area contributed by atoms with Gasteiger partial charge in [0.25, 0.3) is 0 Å². The molecular formula is C37H61N5O6S. The molecule has 12 heteroatoms. The van der Waals surface area contributed by atoms with Crippen molar-refractivity contribution < 1.29 is 28.1 Å². The molecule has 1 aromatic rings. The molecule has 1 saturated carbocycles. The molecule has 11 nitrogen and oxygen atoms in total. The minimum Gasteiger partial charge on any atom is -0.444 e. The molecule has 49 heavy (non-hydrogen) atoms. The Morgan fingerprint density at radius 1 is 0.980 bits per heavy atom. The van der Waals surface area contributed by atoms with Crippen LogP contribution in [0, 0.1) is 5.92 Å². The van der Waals surface area contributed by atoms with Crippen LogP contribution >= 0.6 is 0 Å². The monoisotopic (exact) mass is 703 g/mol. The number of hydrogen-bond acceptors (Lipinski definition) is 6. The summed E-state index contributed by atoms with van der Waals surface area (Å²) in [6.45, 7) is 12.3. The van der Waals surface area contributed by atoms with Gasteiger partial charge in [0.15, 0.2) is 0 Å². The largest absolute Gasteiger partial charge is 0.444 e. The second-order valence-corrected chi connectivity index (χ2v) is 15.7. The number of carbonyl (C=O) groups excluding carboxylic acids is 4. The third-order valence-electron chi connectivity index (χ3n) is 10.1. The lowest BCUT2D eigenvalue weighted by Gasteiger charge is -2.36. The normalized spacial score (nSPS) is 23.9. The summed E-state index contributed by atoms with van der Waals surface area (Å²) in [6, 6.07) is 7.36. The number of rotatable bonds is 8. The van der Waals surface area contributed by atoms with E-state index >= 15 is 0 Å². The fourth-order valence-electron chi connectivity index (χ4n) is 7.52. The van der Waals surface area contributed by atoms with Crippen molar-refractivity contribution in [2.45, 2.75) is 142 Å². The second-order valence-electron chi connectivity index (χ2n) is 14.4. The summed E-state index contributed by atoms with van der Waals surface area (Å²) >= 11 is 0. The molecule has 5 rings (SSSR count). The molecule has 0 spiro atoms. The van der Waals surface area contributed by atoms with E-state index in [2.05, 4.69) is 28.8 Å². The van der Waals surface area contributed by atoms with Crippen LogP contribution in [0.5, 0.6) is 0 Å². The molecule has 276 valence electrons. The van der Waals surface area contributed by atoms with Crippen molar-refractivity contribution in [3.8, 4) is 0 Å². The Balaban J connectivity index is 0.000000358. The molecule has 4 amide bonds. The number of ether oxygens (including phenoxy) is 1. The Kier molecular flexibility index (Phi) is 15.6. The second kappa shape index (κ2) is 18.8. The Morgan fingerprint density at radius 2 is 1.63 bits per heavy atom. The minimum atomic E-state index is -1.05. The van der Waals surface area contributed by atoms with Crippen LogP contribution in [0.2, 0.25) is 0 Å².